The summed E-state index contributed by atoms with van der Waals surface area (Å²) in [7, 11) is 0. The fourth-order valence-corrected chi connectivity index (χ4v) is 2.97. The summed E-state index contributed by atoms with van der Waals surface area (Å²) in [5, 5.41) is 0. The number of carbonyl (C=O) groups excluding carboxylic acids is 1. The molecule has 2 aromatic rings. The maximum absolute atomic E-state index is 12.8. The first-order valence-corrected chi connectivity index (χ1v) is 8.20. The number of hydrogen-bond acceptors (Lipinski definition) is 3. The van der Waals surface area contributed by atoms with Gasteiger partial charge in [-0.2, -0.15) is 0 Å². The standard InChI is InChI=1S/C19H23NO3/c1-15-7-8-18(23-15)19(21)20(13-16-5-3-2-4-6-16)14-17-9-11-22-12-10-17/h2-8,17H,9-14H2,1H3. The molecule has 4 heteroatoms. The SMILES string of the molecule is Cc1ccc(C(=O)N(Cc2ccccc2)CC2CCOCC2)o1. The molecule has 0 aliphatic carbocycles. The number of carbonyl (C=O) groups is 1. The molecule has 1 aromatic heterocycles. The van der Waals surface area contributed by atoms with Crippen molar-refractivity contribution < 1.29 is 13.9 Å². The van der Waals surface area contributed by atoms with Gasteiger partial charge in [0.1, 0.15) is 5.76 Å². The van der Waals surface area contributed by atoms with E-state index in [1.54, 1.807) is 6.07 Å². The number of nitrogens with zero attached hydrogens (tertiary/aromatic N) is 1. The van der Waals surface area contributed by atoms with Gasteiger partial charge in [-0.1, -0.05) is 30.3 Å². The number of hydrogen-bond donors (Lipinski definition) is 0. The van der Waals surface area contributed by atoms with Crippen molar-refractivity contribution >= 4 is 5.91 Å². The maximum atomic E-state index is 12.8. The number of furan rings is 1. The third-order valence-electron chi connectivity index (χ3n) is 4.27. The Hall–Kier alpha value is -2.07. The zero-order valence-electron chi connectivity index (χ0n) is 13.5. The highest BCUT2D eigenvalue weighted by molar-refractivity contribution is 5.91. The summed E-state index contributed by atoms with van der Waals surface area (Å²) in [5.41, 5.74) is 1.14. The highest BCUT2D eigenvalue weighted by Crippen LogP contribution is 2.20. The van der Waals surface area contributed by atoms with Crippen LogP contribution in [0.5, 0.6) is 0 Å². The predicted octanol–water partition coefficient (Wildman–Crippen LogP) is 3.66. The van der Waals surface area contributed by atoms with Gasteiger partial charge in [-0.05, 0) is 43.4 Å². The second-order valence-corrected chi connectivity index (χ2v) is 6.14. The van der Waals surface area contributed by atoms with E-state index in [4.69, 9.17) is 9.15 Å². The largest absolute Gasteiger partial charge is 0.456 e. The van der Waals surface area contributed by atoms with Gasteiger partial charge in [-0.25, -0.2) is 0 Å². The van der Waals surface area contributed by atoms with Gasteiger partial charge in [0.25, 0.3) is 5.91 Å². The van der Waals surface area contributed by atoms with E-state index >= 15 is 0 Å². The quantitative estimate of drug-likeness (QED) is 0.846. The zero-order chi connectivity index (χ0) is 16.1. The number of rotatable bonds is 5. The fraction of sp³-hybridized carbons (Fsp3) is 0.421. The second kappa shape index (κ2) is 7.47. The van der Waals surface area contributed by atoms with Crippen LogP contribution in [0.2, 0.25) is 0 Å². The average Bonchev–Trinajstić information content (AvgIpc) is 3.02. The monoisotopic (exact) mass is 313 g/mol. The van der Waals surface area contributed by atoms with Crippen LogP contribution in [-0.4, -0.2) is 30.6 Å². The van der Waals surface area contributed by atoms with E-state index in [9.17, 15) is 4.79 Å². The summed E-state index contributed by atoms with van der Waals surface area (Å²) in [4.78, 5) is 14.7. The van der Waals surface area contributed by atoms with Crippen molar-refractivity contribution in [3.8, 4) is 0 Å². The van der Waals surface area contributed by atoms with Crippen LogP contribution < -0.4 is 0 Å². The minimum atomic E-state index is -0.0338. The molecule has 1 saturated heterocycles. The molecule has 0 bridgehead atoms. The number of amides is 1. The molecule has 2 heterocycles. The number of aryl methyl sites for hydroxylation is 1. The first-order chi connectivity index (χ1) is 11.2. The van der Waals surface area contributed by atoms with Crippen LogP contribution >= 0.6 is 0 Å². The third kappa shape index (κ3) is 4.23. The zero-order valence-corrected chi connectivity index (χ0v) is 13.5. The van der Waals surface area contributed by atoms with Crippen molar-refractivity contribution in [3.05, 3.63) is 59.5 Å². The predicted molar refractivity (Wildman–Crippen MR) is 88.2 cm³/mol. The summed E-state index contributed by atoms with van der Waals surface area (Å²) in [6, 6.07) is 13.7. The van der Waals surface area contributed by atoms with Crippen LogP contribution in [0.3, 0.4) is 0 Å². The lowest BCUT2D eigenvalue weighted by atomic mass is 9.99. The van der Waals surface area contributed by atoms with Gasteiger partial charge in [0.15, 0.2) is 5.76 Å². The van der Waals surface area contributed by atoms with Crippen LogP contribution in [0.25, 0.3) is 0 Å². The Morgan fingerprint density at radius 3 is 2.52 bits per heavy atom. The molecule has 0 atom stereocenters. The van der Waals surface area contributed by atoms with Crippen molar-refractivity contribution in [2.75, 3.05) is 19.8 Å². The van der Waals surface area contributed by atoms with E-state index < -0.39 is 0 Å². The first kappa shape index (κ1) is 15.8. The molecule has 1 fully saturated rings. The van der Waals surface area contributed by atoms with Crippen LogP contribution in [-0.2, 0) is 11.3 Å². The molecule has 3 rings (SSSR count). The molecule has 4 nitrogen and oxygen atoms in total. The van der Waals surface area contributed by atoms with Crippen LogP contribution in [0.1, 0.15) is 34.7 Å². The topological polar surface area (TPSA) is 42.7 Å². The van der Waals surface area contributed by atoms with Crippen molar-refractivity contribution in [2.24, 2.45) is 5.92 Å². The fourth-order valence-electron chi connectivity index (χ4n) is 2.97. The van der Waals surface area contributed by atoms with Gasteiger partial charge < -0.3 is 14.1 Å². The van der Waals surface area contributed by atoms with Gasteiger partial charge in [0.05, 0.1) is 0 Å². The minimum Gasteiger partial charge on any atom is -0.456 e. The Morgan fingerprint density at radius 2 is 1.87 bits per heavy atom. The van der Waals surface area contributed by atoms with Gasteiger partial charge in [-0.3, -0.25) is 4.79 Å². The van der Waals surface area contributed by atoms with E-state index in [0.29, 0.717) is 18.2 Å². The summed E-state index contributed by atoms with van der Waals surface area (Å²) >= 11 is 0. The molecule has 0 N–H and O–H groups in total. The first-order valence-electron chi connectivity index (χ1n) is 8.20. The molecular weight excluding hydrogens is 290 g/mol. The summed E-state index contributed by atoms with van der Waals surface area (Å²) in [6.07, 6.45) is 2.02. The molecule has 0 unspecified atom stereocenters. The molecule has 0 spiro atoms. The lowest BCUT2D eigenvalue weighted by Crippen LogP contribution is -2.36. The highest BCUT2D eigenvalue weighted by atomic mass is 16.5. The van der Waals surface area contributed by atoms with Crippen LogP contribution in [0.15, 0.2) is 46.9 Å². The lowest BCUT2D eigenvalue weighted by Gasteiger charge is -2.29. The average molecular weight is 313 g/mol. The summed E-state index contributed by atoms with van der Waals surface area (Å²) in [5.74, 6) is 1.64. The minimum absolute atomic E-state index is 0.0338. The van der Waals surface area contributed by atoms with E-state index in [1.807, 2.05) is 36.1 Å². The van der Waals surface area contributed by atoms with Crippen LogP contribution in [0.4, 0.5) is 0 Å². The van der Waals surface area contributed by atoms with Crippen molar-refractivity contribution in [2.45, 2.75) is 26.3 Å². The normalized spacial score (nSPS) is 15.5. The second-order valence-electron chi connectivity index (χ2n) is 6.14. The molecule has 0 radical (unpaired) electrons. The molecular formula is C19H23NO3. The van der Waals surface area contributed by atoms with Gasteiger partial charge >= 0.3 is 0 Å². The van der Waals surface area contributed by atoms with Crippen molar-refractivity contribution in [1.82, 2.24) is 4.90 Å². The van der Waals surface area contributed by atoms with E-state index in [0.717, 1.165) is 43.9 Å². The molecule has 1 aromatic carbocycles. The Morgan fingerprint density at radius 1 is 1.13 bits per heavy atom. The molecule has 0 saturated carbocycles. The smallest absolute Gasteiger partial charge is 0.289 e. The van der Waals surface area contributed by atoms with Crippen molar-refractivity contribution in [1.29, 1.82) is 0 Å². The Labute approximate surface area is 137 Å². The summed E-state index contributed by atoms with van der Waals surface area (Å²) in [6.45, 7) is 4.79. The van der Waals surface area contributed by atoms with Gasteiger partial charge in [0.2, 0.25) is 0 Å². The molecule has 23 heavy (non-hydrogen) atoms. The van der Waals surface area contributed by atoms with E-state index in [2.05, 4.69) is 12.1 Å². The van der Waals surface area contributed by atoms with Crippen LogP contribution in [0, 0.1) is 12.8 Å². The van der Waals surface area contributed by atoms with E-state index in [1.165, 1.54) is 0 Å². The Kier molecular flexibility index (Phi) is 5.13. The van der Waals surface area contributed by atoms with Gasteiger partial charge in [-0.15, -0.1) is 0 Å². The third-order valence-corrected chi connectivity index (χ3v) is 4.27. The van der Waals surface area contributed by atoms with Gasteiger partial charge in [0, 0.05) is 26.3 Å². The molecule has 1 aliphatic heterocycles. The number of ether oxygens (including phenoxy) is 1. The van der Waals surface area contributed by atoms with Crippen molar-refractivity contribution in [3.63, 3.8) is 0 Å². The Bertz CT molecular complexity index is 629. The van der Waals surface area contributed by atoms with E-state index in [-0.39, 0.29) is 5.91 Å². The molecule has 1 aliphatic rings. The number of benzene rings is 1. The maximum Gasteiger partial charge on any atom is 0.289 e. The molecule has 1 amide bonds. The Balaban J connectivity index is 1.75. The highest BCUT2D eigenvalue weighted by Gasteiger charge is 2.24. The molecule has 122 valence electrons. The lowest BCUT2D eigenvalue weighted by molar-refractivity contribution is 0.0431. The summed E-state index contributed by atoms with van der Waals surface area (Å²) < 4.78 is 11.0.